The second-order valence-electron chi connectivity index (χ2n) is 14.1. The predicted octanol–water partition coefficient (Wildman–Crippen LogP) is 12.1. The van der Waals surface area contributed by atoms with Gasteiger partial charge in [-0.1, -0.05) is 206 Å². The largest absolute Gasteiger partial charge is 0.309 e. The van der Waals surface area contributed by atoms with Crippen molar-refractivity contribution in [1.29, 1.82) is 0 Å². The number of aromatic nitrogens is 2. The Morgan fingerprint density at radius 2 is 0.625 bits per heavy atom. The van der Waals surface area contributed by atoms with E-state index in [1.807, 2.05) is 72.8 Å². The summed E-state index contributed by atoms with van der Waals surface area (Å²) >= 11 is 0. The van der Waals surface area contributed by atoms with E-state index in [-0.39, 0.29) is 0 Å². The van der Waals surface area contributed by atoms with Crippen LogP contribution in [0, 0.1) is 0 Å². The molecule has 56 heavy (non-hydrogen) atoms. The van der Waals surface area contributed by atoms with Crippen molar-refractivity contribution in [3.8, 4) is 78.4 Å². The van der Waals surface area contributed by atoms with Crippen molar-refractivity contribution in [2.24, 2.45) is 0 Å². The van der Waals surface area contributed by atoms with Crippen molar-refractivity contribution in [2.75, 3.05) is 0 Å². The van der Waals surface area contributed by atoms with E-state index in [1.165, 1.54) is 11.1 Å². The molecule has 0 atom stereocenters. The molecule has 9 aromatic rings. The van der Waals surface area contributed by atoms with Gasteiger partial charge in [0.1, 0.15) is 0 Å². The Morgan fingerprint density at radius 1 is 0.304 bits per heavy atom. The van der Waals surface area contributed by atoms with Gasteiger partial charge in [0, 0.05) is 32.6 Å². The van der Waals surface area contributed by atoms with E-state index in [1.54, 1.807) is 0 Å². The lowest BCUT2D eigenvalue weighted by atomic mass is 9.98. The molecule has 0 unspecified atom stereocenters. The van der Waals surface area contributed by atoms with Crippen LogP contribution in [0.5, 0.6) is 0 Å². The SMILES string of the molecule is O=P1(c2ccc(-c3ccc(-c4ccc(-c5cc(-c6ccc(-c7ccccc7)cc6)nc(-c6ccccc6)n5)cc4)cc3)cc2)c2ccccc2-c2ccccc21. The molecule has 3 nitrogen and oxygen atoms in total. The molecule has 1 aromatic heterocycles. The Hall–Kier alpha value is -6.93. The van der Waals surface area contributed by atoms with Gasteiger partial charge in [-0.2, -0.15) is 0 Å². The molecule has 0 fully saturated rings. The quantitative estimate of drug-likeness (QED) is 0.153. The Bertz CT molecular complexity index is 2840. The fourth-order valence-corrected chi connectivity index (χ4v) is 10.9. The van der Waals surface area contributed by atoms with Crippen LogP contribution in [0.15, 0.2) is 212 Å². The van der Waals surface area contributed by atoms with E-state index in [4.69, 9.17) is 9.97 Å². The second-order valence-corrected chi connectivity index (χ2v) is 16.8. The third kappa shape index (κ3) is 6.00. The minimum absolute atomic E-state index is 0.697. The highest BCUT2D eigenvalue weighted by molar-refractivity contribution is 7.86. The number of hydrogen-bond acceptors (Lipinski definition) is 3. The maximum Gasteiger partial charge on any atom is 0.172 e. The van der Waals surface area contributed by atoms with Gasteiger partial charge < -0.3 is 4.57 Å². The molecule has 0 saturated heterocycles. The molecule has 1 aliphatic heterocycles. The molecule has 0 N–H and O–H groups in total. The summed E-state index contributed by atoms with van der Waals surface area (Å²) in [6.45, 7) is 0. The van der Waals surface area contributed by atoms with Crippen LogP contribution < -0.4 is 15.9 Å². The number of hydrogen-bond donors (Lipinski definition) is 0. The van der Waals surface area contributed by atoms with Gasteiger partial charge in [0.05, 0.1) is 11.4 Å². The smallest absolute Gasteiger partial charge is 0.172 e. The maximum atomic E-state index is 14.8. The molecular weight excluding hydrogens is 700 g/mol. The Kier molecular flexibility index (Phi) is 8.44. The van der Waals surface area contributed by atoms with Crippen LogP contribution in [0.4, 0.5) is 0 Å². The molecule has 264 valence electrons. The van der Waals surface area contributed by atoms with Crippen LogP contribution in [0.25, 0.3) is 78.4 Å². The lowest BCUT2D eigenvalue weighted by Crippen LogP contribution is -2.20. The van der Waals surface area contributed by atoms with Crippen molar-refractivity contribution in [2.45, 2.75) is 0 Å². The molecule has 2 heterocycles. The summed E-state index contributed by atoms with van der Waals surface area (Å²) < 4.78 is 14.8. The molecular formula is C52H35N2OP. The molecule has 0 amide bonds. The van der Waals surface area contributed by atoms with Crippen LogP contribution in [0.2, 0.25) is 0 Å². The zero-order chi connectivity index (χ0) is 37.5. The van der Waals surface area contributed by atoms with Gasteiger partial charge in [-0.25, -0.2) is 9.97 Å². The Labute approximate surface area is 327 Å². The van der Waals surface area contributed by atoms with E-state index in [0.29, 0.717) is 5.82 Å². The van der Waals surface area contributed by atoms with Crippen LogP contribution in [0.1, 0.15) is 0 Å². The van der Waals surface area contributed by atoms with E-state index < -0.39 is 7.14 Å². The Morgan fingerprint density at radius 3 is 1.05 bits per heavy atom. The normalized spacial score (nSPS) is 12.5. The highest BCUT2D eigenvalue weighted by Crippen LogP contribution is 2.52. The number of fused-ring (bicyclic) bond motifs is 3. The molecule has 10 rings (SSSR count). The highest BCUT2D eigenvalue weighted by Gasteiger charge is 2.39. The fraction of sp³-hybridized carbons (Fsp3) is 0. The van der Waals surface area contributed by atoms with Crippen molar-refractivity contribution in [3.05, 3.63) is 212 Å². The van der Waals surface area contributed by atoms with Crippen molar-refractivity contribution < 1.29 is 4.57 Å². The van der Waals surface area contributed by atoms with E-state index in [0.717, 1.165) is 77.4 Å². The van der Waals surface area contributed by atoms with Crippen LogP contribution in [0.3, 0.4) is 0 Å². The summed E-state index contributed by atoms with van der Waals surface area (Å²) in [5.41, 5.74) is 13.8. The maximum absolute atomic E-state index is 14.8. The topological polar surface area (TPSA) is 42.9 Å². The minimum Gasteiger partial charge on any atom is -0.309 e. The highest BCUT2D eigenvalue weighted by atomic mass is 31.2. The fourth-order valence-electron chi connectivity index (χ4n) is 7.84. The standard InChI is InChI=1S/C52H35N2OP/c55-56(50-17-9-7-15-46(50)47-16-8-10-18-51(47)56)45-33-31-41(32-34-45)39-21-19-38(20-22-39)40-25-29-43(30-26-40)49-35-48(53-52(54-49)44-13-5-2-6-14-44)42-27-23-37(24-28-42)36-11-3-1-4-12-36/h1-35H. The summed E-state index contributed by atoms with van der Waals surface area (Å²) in [4.78, 5) is 10.1. The van der Waals surface area contributed by atoms with E-state index >= 15 is 0 Å². The number of rotatable bonds is 7. The molecule has 0 spiro atoms. The average Bonchev–Trinajstić information content (AvgIpc) is 3.55. The van der Waals surface area contributed by atoms with Crippen LogP contribution in [-0.4, -0.2) is 9.97 Å². The van der Waals surface area contributed by atoms with Gasteiger partial charge in [0.2, 0.25) is 0 Å². The first-order valence-corrected chi connectivity index (χ1v) is 20.5. The number of nitrogens with zero attached hydrogens (tertiary/aromatic N) is 2. The van der Waals surface area contributed by atoms with Gasteiger partial charge in [-0.05, 0) is 50.6 Å². The monoisotopic (exact) mass is 734 g/mol. The van der Waals surface area contributed by atoms with E-state index in [9.17, 15) is 4.57 Å². The molecule has 0 saturated carbocycles. The third-order valence-corrected chi connectivity index (χ3v) is 13.9. The lowest BCUT2D eigenvalue weighted by molar-refractivity contribution is 0.593. The molecule has 0 radical (unpaired) electrons. The van der Waals surface area contributed by atoms with E-state index in [2.05, 4.69) is 140 Å². The third-order valence-electron chi connectivity index (χ3n) is 10.8. The molecule has 4 heteroatoms. The van der Waals surface area contributed by atoms with Crippen LogP contribution in [-0.2, 0) is 4.57 Å². The summed E-state index contributed by atoms with van der Waals surface area (Å²) in [6.07, 6.45) is 0. The summed E-state index contributed by atoms with van der Waals surface area (Å²) in [5, 5.41) is 2.72. The predicted molar refractivity (Wildman–Crippen MR) is 233 cm³/mol. The van der Waals surface area contributed by atoms with Crippen molar-refractivity contribution in [1.82, 2.24) is 9.97 Å². The summed E-state index contributed by atoms with van der Waals surface area (Å²) in [7, 11) is -2.95. The summed E-state index contributed by atoms with van der Waals surface area (Å²) in [5.74, 6) is 0.697. The first-order chi connectivity index (χ1) is 27.6. The average molecular weight is 735 g/mol. The minimum atomic E-state index is -2.95. The second kappa shape index (κ2) is 14.0. The van der Waals surface area contributed by atoms with Crippen molar-refractivity contribution >= 4 is 23.1 Å². The molecule has 1 aliphatic rings. The van der Waals surface area contributed by atoms with Gasteiger partial charge in [0.15, 0.2) is 13.0 Å². The molecule has 0 bridgehead atoms. The van der Waals surface area contributed by atoms with Gasteiger partial charge in [0.25, 0.3) is 0 Å². The first kappa shape index (κ1) is 33.6. The Balaban J connectivity index is 0.916. The van der Waals surface area contributed by atoms with Crippen LogP contribution >= 0.6 is 7.14 Å². The van der Waals surface area contributed by atoms with Gasteiger partial charge in [-0.15, -0.1) is 0 Å². The zero-order valence-electron chi connectivity index (χ0n) is 30.5. The molecule has 8 aromatic carbocycles. The molecule has 0 aliphatic carbocycles. The van der Waals surface area contributed by atoms with Gasteiger partial charge >= 0.3 is 0 Å². The van der Waals surface area contributed by atoms with Crippen molar-refractivity contribution in [3.63, 3.8) is 0 Å². The van der Waals surface area contributed by atoms with Gasteiger partial charge in [-0.3, -0.25) is 0 Å². The number of benzene rings is 8. The lowest BCUT2D eigenvalue weighted by Gasteiger charge is -2.16. The zero-order valence-corrected chi connectivity index (χ0v) is 31.4. The summed E-state index contributed by atoms with van der Waals surface area (Å²) in [6, 6.07) is 73.0. The first-order valence-electron chi connectivity index (χ1n) is 18.8.